The molecule has 1 aromatic rings. The van der Waals surface area contributed by atoms with Crippen molar-refractivity contribution in [3.63, 3.8) is 0 Å². The second-order valence-corrected chi connectivity index (χ2v) is 6.23. The molecule has 0 radical (unpaired) electrons. The van der Waals surface area contributed by atoms with Crippen LogP contribution in [0.5, 0.6) is 0 Å². The molecule has 0 heterocycles. The number of hydrogen-bond acceptors (Lipinski definition) is 2. The number of halogens is 1. The normalized spacial score (nSPS) is 16.9. The molecule has 3 N–H and O–H groups in total. The van der Waals surface area contributed by atoms with Gasteiger partial charge in [-0.05, 0) is 37.5 Å². The monoisotopic (exact) mass is 310 g/mol. The van der Waals surface area contributed by atoms with E-state index in [2.05, 4.69) is 12.2 Å². The lowest BCUT2D eigenvalue weighted by atomic mass is 9.82. The second kappa shape index (κ2) is 6.10. The van der Waals surface area contributed by atoms with Crippen molar-refractivity contribution in [3.05, 3.63) is 28.8 Å². The molecule has 5 heteroatoms. The van der Waals surface area contributed by atoms with Gasteiger partial charge in [0, 0.05) is 16.0 Å². The van der Waals surface area contributed by atoms with E-state index in [0.29, 0.717) is 16.3 Å². The molecule has 20 heavy (non-hydrogen) atoms. The summed E-state index contributed by atoms with van der Waals surface area (Å²) in [5.41, 5.74) is 6.70. The average Bonchev–Trinajstić information content (AvgIpc) is 2.88. The van der Waals surface area contributed by atoms with Crippen molar-refractivity contribution in [1.29, 1.82) is 0 Å². The van der Waals surface area contributed by atoms with Crippen molar-refractivity contribution in [2.75, 3.05) is 5.32 Å². The van der Waals surface area contributed by atoms with E-state index in [1.54, 1.807) is 18.2 Å². The Balaban J connectivity index is 2.27. The van der Waals surface area contributed by atoms with Crippen LogP contribution in [0.4, 0.5) is 5.69 Å². The van der Waals surface area contributed by atoms with E-state index in [-0.39, 0.29) is 16.3 Å². The lowest BCUT2D eigenvalue weighted by molar-refractivity contribution is -0.125. The first-order valence-electron chi connectivity index (χ1n) is 6.89. The molecule has 0 atom stereocenters. The Hall–Kier alpha value is -1.13. The van der Waals surface area contributed by atoms with Crippen molar-refractivity contribution in [3.8, 4) is 0 Å². The van der Waals surface area contributed by atoms with Crippen LogP contribution in [0, 0.1) is 5.41 Å². The number of anilines is 1. The third kappa shape index (κ3) is 2.96. The molecule has 1 fully saturated rings. The fourth-order valence-corrected chi connectivity index (χ4v) is 3.23. The number of nitrogens with two attached hydrogens (primary N) is 1. The molecule has 0 aliphatic heterocycles. The van der Waals surface area contributed by atoms with Gasteiger partial charge in [-0.2, -0.15) is 0 Å². The number of rotatable bonds is 4. The highest BCUT2D eigenvalue weighted by Gasteiger charge is 2.39. The van der Waals surface area contributed by atoms with Crippen molar-refractivity contribution >= 4 is 40.4 Å². The largest absolute Gasteiger partial charge is 0.389 e. The quantitative estimate of drug-likeness (QED) is 0.830. The first-order chi connectivity index (χ1) is 9.48. The zero-order chi connectivity index (χ0) is 14.8. The summed E-state index contributed by atoms with van der Waals surface area (Å²) >= 11 is 11.0. The van der Waals surface area contributed by atoms with Crippen LogP contribution in [0.2, 0.25) is 5.02 Å². The molecule has 2 rings (SSSR count). The highest BCUT2D eigenvalue weighted by molar-refractivity contribution is 7.80. The Morgan fingerprint density at radius 3 is 2.65 bits per heavy atom. The van der Waals surface area contributed by atoms with E-state index in [0.717, 1.165) is 32.1 Å². The number of carbonyl (C=O) groups is 1. The molecule has 0 spiro atoms. The molecule has 1 aliphatic carbocycles. The maximum Gasteiger partial charge on any atom is 0.230 e. The fraction of sp³-hybridized carbons (Fsp3) is 0.467. The third-order valence-electron chi connectivity index (χ3n) is 4.21. The van der Waals surface area contributed by atoms with Gasteiger partial charge >= 0.3 is 0 Å². The number of nitrogens with one attached hydrogen (secondary N) is 1. The van der Waals surface area contributed by atoms with Crippen molar-refractivity contribution in [2.45, 2.75) is 39.0 Å². The smallest absolute Gasteiger partial charge is 0.230 e. The first kappa shape index (κ1) is 15.3. The number of hydrogen-bond donors (Lipinski definition) is 2. The van der Waals surface area contributed by atoms with Crippen molar-refractivity contribution in [2.24, 2.45) is 11.1 Å². The molecule has 0 aromatic heterocycles. The molecular weight excluding hydrogens is 292 g/mol. The third-order valence-corrected chi connectivity index (χ3v) is 4.67. The zero-order valence-corrected chi connectivity index (χ0v) is 13.1. The van der Waals surface area contributed by atoms with Gasteiger partial charge in [-0.3, -0.25) is 4.79 Å². The lowest BCUT2D eigenvalue weighted by Crippen LogP contribution is -2.33. The summed E-state index contributed by atoms with van der Waals surface area (Å²) in [4.78, 5) is 12.9. The Kier molecular flexibility index (Phi) is 4.66. The SMILES string of the molecule is CCC1(C(=O)Nc2cc(Cl)ccc2C(N)=S)CCCC1. The van der Waals surface area contributed by atoms with Crippen LogP contribution in [0.15, 0.2) is 18.2 Å². The van der Waals surface area contributed by atoms with E-state index in [4.69, 9.17) is 29.6 Å². The highest BCUT2D eigenvalue weighted by atomic mass is 35.5. The Labute approximate surface area is 129 Å². The molecule has 0 saturated heterocycles. The zero-order valence-electron chi connectivity index (χ0n) is 11.5. The molecule has 1 saturated carbocycles. The molecule has 0 unspecified atom stereocenters. The van der Waals surface area contributed by atoms with Crippen LogP contribution in [0.25, 0.3) is 0 Å². The minimum Gasteiger partial charge on any atom is -0.389 e. The van der Waals surface area contributed by atoms with E-state index in [9.17, 15) is 4.79 Å². The highest BCUT2D eigenvalue weighted by Crippen LogP contribution is 2.42. The minimum absolute atomic E-state index is 0.0530. The molecule has 108 valence electrons. The second-order valence-electron chi connectivity index (χ2n) is 5.35. The Bertz CT molecular complexity index is 539. The number of benzene rings is 1. The van der Waals surface area contributed by atoms with Gasteiger partial charge in [0.25, 0.3) is 0 Å². The van der Waals surface area contributed by atoms with Crippen molar-refractivity contribution < 1.29 is 4.79 Å². The summed E-state index contributed by atoms with van der Waals surface area (Å²) in [5, 5.41) is 3.53. The van der Waals surface area contributed by atoms with Crippen LogP contribution in [0.1, 0.15) is 44.6 Å². The standard InChI is InChI=1S/C15H19ClN2OS/c1-2-15(7-3-4-8-15)14(19)18-12-9-10(16)5-6-11(12)13(17)20/h5-6,9H,2-4,7-8H2,1H3,(H2,17,20)(H,18,19). The molecule has 1 aliphatic rings. The topological polar surface area (TPSA) is 55.1 Å². The molecule has 1 amide bonds. The van der Waals surface area contributed by atoms with Crippen LogP contribution in [-0.2, 0) is 4.79 Å². The summed E-state index contributed by atoms with van der Waals surface area (Å²) in [6.07, 6.45) is 4.95. The van der Waals surface area contributed by atoms with Crippen LogP contribution >= 0.6 is 23.8 Å². The van der Waals surface area contributed by atoms with E-state index >= 15 is 0 Å². The van der Waals surface area contributed by atoms with Gasteiger partial charge in [0.15, 0.2) is 0 Å². The van der Waals surface area contributed by atoms with Crippen LogP contribution < -0.4 is 11.1 Å². The maximum absolute atomic E-state index is 12.6. The van der Waals surface area contributed by atoms with Gasteiger partial charge in [-0.15, -0.1) is 0 Å². The summed E-state index contributed by atoms with van der Waals surface area (Å²) in [6, 6.07) is 5.16. The van der Waals surface area contributed by atoms with E-state index < -0.39 is 0 Å². The van der Waals surface area contributed by atoms with Gasteiger partial charge in [-0.25, -0.2) is 0 Å². The van der Waals surface area contributed by atoms with Crippen LogP contribution in [0.3, 0.4) is 0 Å². The number of carbonyl (C=O) groups excluding carboxylic acids is 1. The van der Waals surface area contributed by atoms with Gasteiger partial charge in [0.05, 0.1) is 5.69 Å². The van der Waals surface area contributed by atoms with E-state index in [1.807, 2.05) is 0 Å². The number of thiocarbonyl (C=S) groups is 1. The summed E-state index contributed by atoms with van der Waals surface area (Å²) in [6.45, 7) is 2.07. The lowest BCUT2D eigenvalue weighted by Gasteiger charge is -2.26. The molecule has 0 bridgehead atoms. The Morgan fingerprint density at radius 2 is 2.10 bits per heavy atom. The maximum atomic E-state index is 12.6. The predicted molar refractivity (Wildman–Crippen MR) is 87.2 cm³/mol. The fourth-order valence-electron chi connectivity index (χ4n) is 2.88. The summed E-state index contributed by atoms with van der Waals surface area (Å²) in [5.74, 6) is 0.0530. The molecule has 3 nitrogen and oxygen atoms in total. The molecule has 1 aromatic carbocycles. The summed E-state index contributed by atoms with van der Waals surface area (Å²) in [7, 11) is 0. The summed E-state index contributed by atoms with van der Waals surface area (Å²) < 4.78 is 0. The molecular formula is C15H19ClN2OS. The Morgan fingerprint density at radius 1 is 1.45 bits per heavy atom. The van der Waals surface area contributed by atoms with Gasteiger partial charge in [-0.1, -0.05) is 43.6 Å². The van der Waals surface area contributed by atoms with E-state index in [1.165, 1.54) is 0 Å². The van der Waals surface area contributed by atoms with Crippen LogP contribution in [-0.4, -0.2) is 10.9 Å². The van der Waals surface area contributed by atoms with Gasteiger partial charge in [0.1, 0.15) is 4.99 Å². The van der Waals surface area contributed by atoms with Crippen molar-refractivity contribution in [1.82, 2.24) is 0 Å². The average molecular weight is 311 g/mol. The first-order valence-corrected chi connectivity index (χ1v) is 7.68. The number of amides is 1. The van der Waals surface area contributed by atoms with Gasteiger partial charge < -0.3 is 11.1 Å². The predicted octanol–water partition coefficient (Wildman–Crippen LogP) is 3.88. The van der Waals surface area contributed by atoms with Gasteiger partial charge in [0.2, 0.25) is 5.91 Å². The minimum atomic E-state index is -0.254.